The van der Waals surface area contributed by atoms with E-state index in [1.807, 2.05) is 0 Å². The average molecular weight is 260 g/mol. The summed E-state index contributed by atoms with van der Waals surface area (Å²) in [6.07, 6.45) is 1.57. The Bertz CT molecular complexity index is 409. The van der Waals surface area contributed by atoms with Crippen LogP contribution in [0.1, 0.15) is 12.5 Å². The van der Waals surface area contributed by atoms with Gasteiger partial charge in [-0.3, -0.25) is 5.43 Å². The Morgan fingerprint density at radius 1 is 1.62 bits per heavy atom. The Morgan fingerprint density at radius 3 is 3.06 bits per heavy atom. The molecular weight excluding hydrogens is 249 g/mol. The van der Waals surface area contributed by atoms with Crippen molar-refractivity contribution in [3.8, 4) is 0 Å². The predicted octanol–water partition coefficient (Wildman–Crippen LogP) is 2.45. The molecule has 0 bridgehead atoms. The summed E-state index contributed by atoms with van der Waals surface area (Å²) < 4.78 is 12.9. The third-order valence-electron chi connectivity index (χ3n) is 1.74. The van der Waals surface area contributed by atoms with Crippen molar-refractivity contribution in [2.75, 3.05) is 0 Å². The van der Waals surface area contributed by atoms with Gasteiger partial charge in [-0.25, -0.2) is 4.39 Å². The number of thiocarbonyl (C=S) groups is 1. The largest absolute Gasteiger partial charge is 0.357 e. The molecule has 1 aromatic rings. The standard InChI is InChI=1S/C10H11ClFN3S/c1-2-14-15-10(16)13-6-7-5-8(12)3-4-9(7)11/h2-5H,6H2,1H3,(H2,13,15,16)/b14-2-. The summed E-state index contributed by atoms with van der Waals surface area (Å²) in [7, 11) is 0. The Balaban J connectivity index is 2.54. The van der Waals surface area contributed by atoms with Crippen molar-refractivity contribution >= 4 is 35.1 Å². The number of nitrogens with one attached hydrogen (secondary N) is 2. The molecule has 6 heteroatoms. The lowest BCUT2D eigenvalue weighted by atomic mass is 10.2. The van der Waals surface area contributed by atoms with E-state index < -0.39 is 0 Å². The molecule has 1 aromatic carbocycles. The van der Waals surface area contributed by atoms with Gasteiger partial charge in [0, 0.05) is 17.8 Å². The fourth-order valence-electron chi connectivity index (χ4n) is 1.02. The van der Waals surface area contributed by atoms with Crippen LogP contribution in [0, 0.1) is 5.82 Å². The van der Waals surface area contributed by atoms with Crippen molar-refractivity contribution in [2.45, 2.75) is 13.5 Å². The van der Waals surface area contributed by atoms with E-state index in [1.165, 1.54) is 18.2 Å². The van der Waals surface area contributed by atoms with E-state index in [1.54, 1.807) is 13.1 Å². The summed E-state index contributed by atoms with van der Waals surface area (Å²) >= 11 is 10.8. The van der Waals surface area contributed by atoms with Crippen LogP contribution in [0.15, 0.2) is 23.3 Å². The number of halogens is 2. The summed E-state index contributed by atoms with van der Waals surface area (Å²) in [6, 6.07) is 4.18. The van der Waals surface area contributed by atoms with Crippen LogP contribution in [-0.2, 0) is 6.54 Å². The van der Waals surface area contributed by atoms with E-state index >= 15 is 0 Å². The molecule has 0 radical (unpaired) electrons. The summed E-state index contributed by atoms with van der Waals surface area (Å²) in [5, 5.41) is 7.45. The highest BCUT2D eigenvalue weighted by atomic mass is 35.5. The highest BCUT2D eigenvalue weighted by Crippen LogP contribution is 2.16. The van der Waals surface area contributed by atoms with Gasteiger partial charge in [0.05, 0.1) is 0 Å². The smallest absolute Gasteiger partial charge is 0.187 e. The summed E-state index contributed by atoms with van der Waals surface area (Å²) in [5.41, 5.74) is 3.23. The van der Waals surface area contributed by atoms with Gasteiger partial charge in [-0.15, -0.1) is 0 Å². The fraction of sp³-hybridized carbons (Fsp3) is 0.200. The molecule has 0 spiro atoms. The predicted molar refractivity (Wildman–Crippen MR) is 68.1 cm³/mol. The molecule has 0 unspecified atom stereocenters. The first kappa shape index (κ1) is 12.9. The third kappa shape index (κ3) is 4.12. The van der Waals surface area contributed by atoms with Crippen molar-refractivity contribution in [3.63, 3.8) is 0 Å². The molecule has 3 nitrogen and oxygen atoms in total. The molecular formula is C10H11ClFN3S. The van der Waals surface area contributed by atoms with Crippen molar-refractivity contribution in [1.82, 2.24) is 10.7 Å². The van der Waals surface area contributed by atoms with Gasteiger partial charge in [-0.2, -0.15) is 5.10 Å². The second-order valence-electron chi connectivity index (χ2n) is 2.92. The monoisotopic (exact) mass is 259 g/mol. The molecule has 0 saturated carbocycles. The van der Waals surface area contributed by atoms with Crippen molar-refractivity contribution in [1.29, 1.82) is 0 Å². The molecule has 0 saturated heterocycles. The zero-order valence-corrected chi connectivity index (χ0v) is 10.2. The van der Waals surface area contributed by atoms with Crippen LogP contribution in [0.2, 0.25) is 5.02 Å². The van der Waals surface area contributed by atoms with Crippen LogP contribution in [-0.4, -0.2) is 11.3 Å². The Morgan fingerprint density at radius 2 is 2.38 bits per heavy atom. The second kappa shape index (κ2) is 6.40. The lowest BCUT2D eigenvalue weighted by molar-refractivity contribution is 0.624. The number of nitrogens with zero attached hydrogens (tertiary/aromatic N) is 1. The number of benzene rings is 1. The molecule has 0 aliphatic rings. The minimum Gasteiger partial charge on any atom is -0.357 e. The highest BCUT2D eigenvalue weighted by Gasteiger charge is 2.02. The molecule has 0 heterocycles. The van der Waals surface area contributed by atoms with Gasteiger partial charge in [-0.1, -0.05) is 11.6 Å². The molecule has 0 amide bonds. The minimum absolute atomic E-state index is 0.327. The zero-order valence-electron chi connectivity index (χ0n) is 8.63. The molecule has 0 aliphatic heterocycles. The molecule has 0 atom stereocenters. The first-order valence-electron chi connectivity index (χ1n) is 4.59. The van der Waals surface area contributed by atoms with E-state index in [2.05, 4.69) is 15.8 Å². The number of rotatable bonds is 3. The van der Waals surface area contributed by atoms with Crippen LogP contribution in [0.3, 0.4) is 0 Å². The van der Waals surface area contributed by atoms with Gasteiger partial charge < -0.3 is 5.32 Å². The maximum Gasteiger partial charge on any atom is 0.187 e. The maximum absolute atomic E-state index is 12.9. The molecule has 2 N–H and O–H groups in total. The first-order chi connectivity index (χ1) is 7.63. The number of hydrogen-bond acceptors (Lipinski definition) is 2. The minimum atomic E-state index is -0.327. The van der Waals surface area contributed by atoms with E-state index in [0.29, 0.717) is 22.2 Å². The summed E-state index contributed by atoms with van der Waals surface area (Å²) in [4.78, 5) is 0. The molecule has 1 rings (SSSR count). The van der Waals surface area contributed by atoms with Crippen LogP contribution < -0.4 is 10.7 Å². The van der Waals surface area contributed by atoms with Gasteiger partial charge in [0.25, 0.3) is 0 Å². The Labute approximate surface area is 104 Å². The topological polar surface area (TPSA) is 36.4 Å². The quantitative estimate of drug-likeness (QED) is 0.497. The maximum atomic E-state index is 12.9. The van der Waals surface area contributed by atoms with Crippen LogP contribution in [0.4, 0.5) is 4.39 Å². The SMILES string of the molecule is C/C=N\NC(=S)NCc1cc(F)ccc1Cl. The molecule has 0 fully saturated rings. The lowest BCUT2D eigenvalue weighted by Crippen LogP contribution is -2.31. The Kier molecular flexibility index (Phi) is 5.14. The number of hydrazone groups is 1. The molecule has 86 valence electrons. The van der Waals surface area contributed by atoms with Gasteiger partial charge >= 0.3 is 0 Å². The lowest BCUT2D eigenvalue weighted by Gasteiger charge is -2.08. The van der Waals surface area contributed by atoms with E-state index in [9.17, 15) is 4.39 Å². The zero-order chi connectivity index (χ0) is 12.0. The molecule has 16 heavy (non-hydrogen) atoms. The van der Waals surface area contributed by atoms with Gasteiger partial charge in [0.2, 0.25) is 0 Å². The van der Waals surface area contributed by atoms with Crippen molar-refractivity contribution in [2.24, 2.45) is 5.10 Å². The Hall–Kier alpha value is -1.20. The fourth-order valence-corrected chi connectivity index (χ4v) is 1.33. The van der Waals surface area contributed by atoms with E-state index in [0.717, 1.165) is 0 Å². The van der Waals surface area contributed by atoms with E-state index in [-0.39, 0.29) is 5.82 Å². The van der Waals surface area contributed by atoms with Crippen LogP contribution in [0.25, 0.3) is 0 Å². The molecule has 0 aliphatic carbocycles. The van der Waals surface area contributed by atoms with E-state index in [4.69, 9.17) is 23.8 Å². The number of hydrogen-bond donors (Lipinski definition) is 2. The van der Waals surface area contributed by atoms with Crippen LogP contribution in [0.5, 0.6) is 0 Å². The first-order valence-corrected chi connectivity index (χ1v) is 5.37. The summed E-state index contributed by atoms with van der Waals surface area (Å²) in [6.45, 7) is 2.11. The highest BCUT2D eigenvalue weighted by molar-refractivity contribution is 7.80. The van der Waals surface area contributed by atoms with Crippen LogP contribution >= 0.6 is 23.8 Å². The third-order valence-corrected chi connectivity index (χ3v) is 2.35. The van der Waals surface area contributed by atoms with Crippen molar-refractivity contribution < 1.29 is 4.39 Å². The van der Waals surface area contributed by atoms with Crippen molar-refractivity contribution in [3.05, 3.63) is 34.6 Å². The summed E-state index contributed by atoms with van der Waals surface area (Å²) in [5.74, 6) is -0.327. The molecule has 0 aromatic heterocycles. The average Bonchev–Trinajstić information content (AvgIpc) is 2.27. The van der Waals surface area contributed by atoms with Gasteiger partial charge in [-0.05, 0) is 42.9 Å². The van der Waals surface area contributed by atoms with Gasteiger partial charge in [0.15, 0.2) is 5.11 Å². The second-order valence-corrected chi connectivity index (χ2v) is 3.73. The van der Waals surface area contributed by atoms with Gasteiger partial charge in [0.1, 0.15) is 5.82 Å². The normalized spacial score (nSPS) is 10.4.